The summed E-state index contributed by atoms with van der Waals surface area (Å²) in [7, 11) is 0. The summed E-state index contributed by atoms with van der Waals surface area (Å²) >= 11 is 1.88. The van der Waals surface area contributed by atoms with E-state index in [1.807, 2.05) is 11.8 Å². The lowest BCUT2D eigenvalue weighted by atomic mass is 10.1. The number of rotatable bonds is 4. The van der Waals surface area contributed by atoms with E-state index in [1.54, 1.807) is 0 Å². The standard InChI is InChI=1S/C19H23N3S/c1-3-9-18-16(7-1)22(17-8-2-4-10-19(17)23-18)13-5-6-15-14-20-11-12-21-15/h1-4,7-10,15,20-21H,5-6,11-14H2. The number of nitrogens with zero attached hydrogens (tertiary/aromatic N) is 1. The Morgan fingerprint density at radius 3 is 2.30 bits per heavy atom. The van der Waals surface area contributed by atoms with Gasteiger partial charge in [-0.25, -0.2) is 0 Å². The third-order valence-electron chi connectivity index (χ3n) is 4.59. The minimum absolute atomic E-state index is 0.619. The van der Waals surface area contributed by atoms with Crippen molar-refractivity contribution in [2.75, 3.05) is 31.1 Å². The topological polar surface area (TPSA) is 27.3 Å². The van der Waals surface area contributed by atoms with Gasteiger partial charge in [0.1, 0.15) is 0 Å². The van der Waals surface area contributed by atoms with Crippen molar-refractivity contribution in [3.8, 4) is 0 Å². The second-order valence-electron chi connectivity index (χ2n) is 6.19. The zero-order valence-electron chi connectivity index (χ0n) is 13.3. The minimum Gasteiger partial charge on any atom is -0.340 e. The van der Waals surface area contributed by atoms with Gasteiger partial charge in [-0.3, -0.25) is 0 Å². The van der Waals surface area contributed by atoms with Crippen LogP contribution in [-0.2, 0) is 0 Å². The molecule has 4 heteroatoms. The summed E-state index contributed by atoms with van der Waals surface area (Å²) in [5, 5.41) is 7.09. The van der Waals surface area contributed by atoms with Gasteiger partial charge >= 0.3 is 0 Å². The van der Waals surface area contributed by atoms with Crippen molar-refractivity contribution in [3.63, 3.8) is 0 Å². The van der Waals surface area contributed by atoms with Crippen LogP contribution >= 0.6 is 11.8 Å². The maximum atomic E-state index is 3.61. The molecule has 120 valence electrons. The number of hydrogen-bond acceptors (Lipinski definition) is 4. The van der Waals surface area contributed by atoms with E-state index in [0.29, 0.717) is 6.04 Å². The molecular weight excluding hydrogens is 302 g/mol. The number of fused-ring (bicyclic) bond motifs is 2. The van der Waals surface area contributed by atoms with Crippen LogP contribution in [0.3, 0.4) is 0 Å². The van der Waals surface area contributed by atoms with Crippen LogP contribution in [0.4, 0.5) is 11.4 Å². The summed E-state index contributed by atoms with van der Waals surface area (Å²) in [5.74, 6) is 0. The number of anilines is 2. The maximum absolute atomic E-state index is 3.61. The van der Waals surface area contributed by atoms with Crippen LogP contribution in [0.1, 0.15) is 12.8 Å². The fourth-order valence-electron chi connectivity index (χ4n) is 3.44. The summed E-state index contributed by atoms with van der Waals surface area (Å²) in [6.45, 7) is 4.37. The van der Waals surface area contributed by atoms with Crippen LogP contribution in [0.25, 0.3) is 0 Å². The maximum Gasteiger partial charge on any atom is 0.0552 e. The molecule has 1 unspecified atom stereocenters. The largest absolute Gasteiger partial charge is 0.340 e. The quantitative estimate of drug-likeness (QED) is 0.898. The molecule has 2 aromatic rings. The fourth-order valence-corrected chi connectivity index (χ4v) is 4.53. The molecule has 4 rings (SSSR count). The van der Waals surface area contributed by atoms with E-state index in [0.717, 1.165) is 26.2 Å². The summed E-state index contributed by atoms with van der Waals surface area (Å²) in [6, 6.07) is 18.1. The third-order valence-corrected chi connectivity index (χ3v) is 5.72. The van der Waals surface area contributed by atoms with E-state index < -0.39 is 0 Å². The van der Waals surface area contributed by atoms with Crippen LogP contribution in [0.15, 0.2) is 58.3 Å². The smallest absolute Gasteiger partial charge is 0.0552 e. The van der Waals surface area contributed by atoms with Gasteiger partial charge in [0.15, 0.2) is 0 Å². The number of benzene rings is 2. The molecule has 0 saturated carbocycles. The first-order valence-corrected chi connectivity index (χ1v) is 9.31. The molecule has 0 aromatic heterocycles. The summed E-state index contributed by atoms with van der Waals surface area (Å²) in [6.07, 6.45) is 2.42. The molecule has 1 atom stereocenters. The van der Waals surface area contributed by atoms with Gasteiger partial charge in [0, 0.05) is 42.0 Å². The van der Waals surface area contributed by atoms with Gasteiger partial charge in [-0.05, 0) is 37.1 Å². The van der Waals surface area contributed by atoms with Crippen LogP contribution in [0.2, 0.25) is 0 Å². The Hall–Kier alpha value is -1.49. The minimum atomic E-state index is 0.619. The molecule has 23 heavy (non-hydrogen) atoms. The average molecular weight is 325 g/mol. The summed E-state index contributed by atoms with van der Waals surface area (Å²) in [4.78, 5) is 5.23. The second kappa shape index (κ2) is 6.95. The lowest BCUT2D eigenvalue weighted by Gasteiger charge is -2.33. The van der Waals surface area contributed by atoms with E-state index in [-0.39, 0.29) is 0 Å². The molecule has 0 radical (unpaired) electrons. The summed E-state index contributed by atoms with van der Waals surface area (Å²) in [5.41, 5.74) is 2.71. The van der Waals surface area contributed by atoms with Crippen molar-refractivity contribution < 1.29 is 0 Å². The first kappa shape index (κ1) is 15.1. The highest BCUT2D eigenvalue weighted by atomic mass is 32.2. The predicted molar refractivity (Wildman–Crippen MR) is 97.9 cm³/mol. The van der Waals surface area contributed by atoms with Crippen LogP contribution < -0.4 is 15.5 Å². The first-order chi connectivity index (χ1) is 11.4. The molecule has 2 aliphatic heterocycles. The Morgan fingerprint density at radius 1 is 0.957 bits per heavy atom. The van der Waals surface area contributed by atoms with Gasteiger partial charge in [-0.2, -0.15) is 0 Å². The van der Waals surface area contributed by atoms with Crippen molar-refractivity contribution in [2.24, 2.45) is 0 Å². The van der Waals surface area contributed by atoms with Gasteiger partial charge in [-0.15, -0.1) is 0 Å². The van der Waals surface area contributed by atoms with Crippen molar-refractivity contribution in [1.82, 2.24) is 10.6 Å². The van der Waals surface area contributed by atoms with Crippen molar-refractivity contribution in [1.29, 1.82) is 0 Å². The predicted octanol–water partition coefficient (Wildman–Crippen LogP) is 3.63. The normalized spacial score (nSPS) is 20.0. The highest BCUT2D eigenvalue weighted by Gasteiger charge is 2.22. The monoisotopic (exact) mass is 325 g/mol. The highest BCUT2D eigenvalue weighted by Crippen LogP contribution is 2.47. The highest BCUT2D eigenvalue weighted by molar-refractivity contribution is 7.99. The lowest BCUT2D eigenvalue weighted by Crippen LogP contribution is -2.48. The van der Waals surface area contributed by atoms with Gasteiger partial charge < -0.3 is 15.5 Å². The molecule has 2 aromatic carbocycles. The van der Waals surface area contributed by atoms with Crippen molar-refractivity contribution in [3.05, 3.63) is 48.5 Å². The van der Waals surface area contributed by atoms with E-state index in [9.17, 15) is 0 Å². The summed E-state index contributed by atoms with van der Waals surface area (Å²) < 4.78 is 0. The second-order valence-corrected chi connectivity index (χ2v) is 7.27. The van der Waals surface area contributed by atoms with Gasteiger partial charge in [0.2, 0.25) is 0 Å². The molecule has 3 nitrogen and oxygen atoms in total. The number of nitrogens with one attached hydrogen (secondary N) is 2. The zero-order chi connectivity index (χ0) is 15.5. The van der Waals surface area contributed by atoms with Crippen LogP contribution in [0.5, 0.6) is 0 Å². The first-order valence-electron chi connectivity index (χ1n) is 8.49. The van der Waals surface area contributed by atoms with E-state index in [1.165, 1.54) is 34.0 Å². The third kappa shape index (κ3) is 3.25. The van der Waals surface area contributed by atoms with Crippen LogP contribution in [-0.4, -0.2) is 32.2 Å². The Labute approximate surface area is 142 Å². The Bertz CT molecular complexity index is 622. The van der Waals surface area contributed by atoms with Gasteiger partial charge in [0.05, 0.1) is 11.4 Å². The molecule has 0 aliphatic carbocycles. The SMILES string of the molecule is c1ccc2c(c1)Sc1ccccc1N2CCCC1CNCCN1. The average Bonchev–Trinajstić information content (AvgIpc) is 2.62. The van der Waals surface area contributed by atoms with Crippen molar-refractivity contribution in [2.45, 2.75) is 28.7 Å². The molecule has 1 fully saturated rings. The molecule has 0 amide bonds. The Morgan fingerprint density at radius 2 is 1.65 bits per heavy atom. The van der Waals surface area contributed by atoms with Crippen LogP contribution in [0, 0.1) is 0 Å². The Balaban J connectivity index is 1.50. The fraction of sp³-hybridized carbons (Fsp3) is 0.368. The Kier molecular flexibility index (Phi) is 4.55. The molecule has 0 bridgehead atoms. The number of hydrogen-bond donors (Lipinski definition) is 2. The molecule has 2 N–H and O–H groups in total. The molecule has 2 aliphatic rings. The zero-order valence-corrected chi connectivity index (χ0v) is 14.1. The van der Waals surface area contributed by atoms with Gasteiger partial charge in [0.25, 0.3) is 0 Å². The van der Waals surface area contributed by atoms with E-state index >= 15 is 0 Å². The molecule has 2 heterocycles. The number of para-hydroxylation sites is 2. The molecular formula is C19H23N3S. The molecule has 1 saturated heterocycles. The van der Waals surface area contributed by atoms with Crippen molar-refractivity contribution >= 4 is 23.1 Å². The van der Waals surface area contributed by atoms with E-state index in [4.69, 9.17) is 0 Å². The molecule has 0 spiro atoms. The van der Waals surface area contributed by atoms with E-state index in [2.05, 4.69) is 64.1 Å². The van der Waals surface area contributed by atoms with Gasteiger partial charge in [-0.1, -0.05) is 36.0 Å². The lowest BCUT2D eigenvalue weighted by molar-refractivity contribution is 0.393. The number of piperazine rings is 1.